The van der Waals surface area contributed by atoms with Gasteiger partial charge < -0.3 is 10.2 Å². The molecule has 0 aromatic carbocycles. The minimum Gasteiger partial charge on any atom is -0.343 e. The molecule has 0 radical (unpaired) electrons. The van der Waals surface area contributed by atoms with Crippen LogP contribution in [0.2, 0.25) is 0 Å². The summed E-state index contributed by atoms with van der Waals surface area (Å²) in [6, 6.07) is -0.352. The van der Waals surface area contributed by atoms with Crippen molar-refractivity contribution < 1.29 is 9.59 Å². The Balaban J connectivity index is 2.02. The molecule has 4 heteroatoms. The Kier molecular flexibility index (Phi) is 2.91. The van der Waals surface area contributed by atoms with Crippen molar-refractivity contribution in [1.82, 2.24) is 10.2 Å². The highest BCUT2D eigenvalue weighted by Crippen LogP contribution is 2.44. The molecule has 2 aliphatic rings. The normalized spacial score (nSPS) is 28.6. The van der Waals surface area contributed by atoms with Crippen molar-refractivity contribution in [2.24, 2.45) is 5.41 Å². The van der Waals surface area contributed by atoms with E-state index in [9.17, 15) is 9.59 Å². The highest BCUT2D eigenvalue weighted by atomic mass is 16.2. The molecular weight excluding hydrogens is 204 g/mol. The van der Waals surface area contributed by atoms with Crippen LogP contribution in [0.15, 0.2) is 0 Å². The molecule has 1 saturated carbocycles. The van der Waals surface area contributed by atoms with Crippen molar-refractivity contribution in [3.63, 3.8) is 0 Å². The molecule has 2 amide bonds. The highest BCUT2D eigenvalue weighted by molar-refractivity contribution is 5.94. The van der Waals surface area contributed by atoms with Crippen LogP contribution in [0.4, 0.5) is 0 Å². The molecule has 1 heterocycles. The second-order valence-electron chi connectivity index (χ2n) is 5.19. The number of amides is 2. The zero-order chi connectivity index (χ0) is 11.8. The Morgan fingerprint density at radius 3 is 2.62 bits per heavy atom. The second kappa shape index (κ2) is 4.07. The summed E-state index contributed by atoms with van der Waals surface area (Å²) in [5.74, 6) is 0.0389. The molecule has 1 aliphatic heterocycles. The van der Waals surface area contributed by atoms with Gasteiger partial charge in [0.25, 0.3) is 0 Å². The van der Waals surface area contributed by atoms with E-state index in [1.165, 1.54) is 19.3 Å². The fraction of sp³-hybridized carbons (Fsp3) is 0.833. The van der Waals surface area contributed by atoms with Gasteiger partial charge in [0, 0.05) is 6.54 Å². The first-order valence-electron chi connectivity index (χ1n) is 6.14. The minimum absolute atomic E-state index is 0.0299. The zero-order valence-corrected chi connectivity index (χ0v) is 10.1. The van der Waals surface area contributed by atoms with E-state index in [0.29, 0.717) is 5.41 Å². The van der Waals surface area contributed by atoms with Gasteiger partial charge in [-0.2, -0.15) is 0 Å². The minimum atomic E-state index is -0.352. The smallest absolute Gasteiger partial charge is 0.245 e. The molecule has 1 unspecified atom stereocenters. The Bertz CT molecular complexity index is 305. The standard InChI is InChI=1S/C12H20N2O2/c1-3-12(5-4-6-12)8-14-7-10(15)13-9(2)11(14)16/h9H,3-8H2,1-2H3,(H,13,15). The summed E-state index contributed by atoms with van der Waals surface area (Å²) in [6.45, 7) is 4.94. The van der Waals surface area contributed by atoms with Crippen molar-refractivity contribution >= 4 is 11.8 Å². The van der Waals surface area contributed by atoms with Crippen LogP contribution in [0.25, 0.3) is 0 Å². The fourth-order valence-electron chi connectivity index (χ4n) is 2.71. The van der Waals surface area contributed by atoms with E-state index in [4.69, 9.17) is 0 Å². The summed E-state index contributed by atoms with van der Waals surface area (Å²) in [6.07, 6.45) is 4.76. The van der Waals surface area contributed by atoms with Crippen molar-refractivity contribution in [3.05, 3.63) is 0 Å². The predicted octanol–water partition coefficient (Wildman–Crippen LogP) is 0.914. The second-order valence-corrected chi connectivity index (χ2v) is 5.19. The van der Waals surface area contributed by atoms with Crippen LogP contribution in [0, 0.1) is 5.41 Å². The lowest BCUT2D eigenvalue weighted by molar-refractivity contribution is -0.146. The van der Waals surface area contributed by atoms with Gasteiger partial charge in [-0.25, -0.2) is 0 Å². The fourth-order valence-corrected chi connectivity index (χ4v) is 2.71. The number of nitrogens with zero attached hydrogens (tertiary/aromatic N) is 1. The molecule has 90 valence electrons. The lowest BCUT2D eigenvalue weighted by Crippen LogP contribution is -2.59. The molecule has 0 spiro atoms. The topological polar surface area (TPSA) is 49.4 Å². The van der Waals surface area contributed by atoms with E-state index in [2.05, 4.69) is 12.2 Å². The average molecular weight is 224 g/mol. The van der Waals surface area contributed by atoms with Gasteiger partial charge in [0.15, 0.2) is 0 Å². The van der Waals surface area contributed by atoms with E-state index >= 15 is 0 Å². The van der Waals surface area contributed by atoms with E-state index in [1.807, 2.05) is 0 Å². The van der Waals surface area contributed by atoms with Crippen molar-refractivity contribution in [3.8, 4) is 0 Å². The van der Waals surface area contributed by atoms with Gasteiger partial charge in [0.2, 0.25) is 11.8 Å². The third-order valence-corrected chi connectivity index (χ3v) is 4.08. The van der Waals surface area contributed by atoms with Gasteiger partial charge in [0.05, 0.1) is 6.54 Å². The zero-order valence-electron chi connectivity index (χ0n) is 10.1. The molecule has 16 heavy (non-hydrogen) atoms. The summed E-state index contributed by atoms with van der Waals surface area (Å²) in [5.41, 5.74) is 0.299. The van der Waals surface area contributed by atoms with Crippen LogP contribution in [0.3, 0.4) is 0 Å². The lowest BCUT2D eigenvalue weighted by atomic mass is 9.66. The van der Waals surface area contributed by atoms with Crippen LogP contribution in [0.1, 0.15) is 39.5 Å². The van der Waals surface area contributed by atoms with Gasteiger partial charge in [-0.3, -0.25) is 9.59 Å². The van der Waals surface area contributed by atoms with E-state index in [-0.39, 0.29) is 24.4 Å². The van der Waals surface area contributed by atoms with Crippen molar-refractivity contribution in [2.45, 2.75) is 45.6 Å². The van der Waals surface area contributed by atoms with Crippen molar-refractivity contribution in [2.75, 3.05) is 13.1 Å². The first-order chi connectivity index (χ1) is 7.56. The van der Waals surface area contributed by atoms with Crippen LogP contribution in [0.5, 0.6) is 0 Å². The van der Waals surface area contributed by atoms with Gasteiger partial charge in [-0.05, 0) is 31.6 Å². The summed E-state index contributed by atoms with van der Waals surface area (Å²) < 4.78 is 0. The third kappa shape index (κ3) is 1.93. The molecule has 1 aliphatic carbocycles. The lowest BCUT2D eigenvalue weighted by Gasteiger charge is -2.46. The Morgan fingerprint density at radius 1 is 1.44 bits per heavy atom. The third-order valence-electron chi connectivity index (χ3n) is 4.08. The maximum atomic E-state index is 11.9. The number of hydrogen-bond acceptors (Lipinski definition) is 2. The number of carbonyl (C=O) groups is 2. The molecule has 0 aromatic heterocycles. The molecular formula is C12H20N2O2. The van der Waals surface area contributed by atoms with Crippen LogP contribution in [-0.4, -0.2) is 35.8 Å². The number of rotatable bonds is 3. The number of piperazine rings is 1. The number of hydrogen-bond donors (Lipinski definition) is 1. The summed E-state index contributed by atoms with van der Waals surface area (Å²) in [4.78, 5) is 25.1. The molecule has 0 aromatic rings. The quantitative estimate of drug-likeness (QED) is 0.774. The van der Waals surface area contributed by atoms with E-state index < -0.39 is 0 Å². The van der Waals surface area contributed by atoms with Gasteiger partial charge in [0.1, 0.15) is 6.04 Å². The maximum absolute atomic E-state index is 11.9. The van der Waals surface area contributed by atoms with Gasteiger partial charge in [-0.15, -0.1) is 0 Å². The van der Waals surface area contributed by atoms with Crippen LogP contribution in [-0.2, 0) is 9.59 Å². The van der Waals surface area contributed by atoms with E-state index in [1.54, 1.807) is 11.8 Å². The average Bonchev–Trinajstić information content (AvgIpc) is 2.18. The maximum Gasteiger partial charge on any atom is 0.245 e. The summed E-state index contributed by atoms with van der Waals surface area (Å²) in [5, 5.41) is 2.67. The first-order valence-corrected chi connectivity index (χ1v) is 6.14. The first kappa shape index (κ1) is 11.4. The molecule has 1 saturated heterocycles. The molecule has 0 bridgehead atoms. The summed E-state index contributed by atoms with van der Waals surface area (Å²) >= 11 is 0. The Morgan fingerprint density at radius 2 is 2.12 bits per heavy atom. The number of nitrogens with one attached hydrogen (secondary N) is 1. The Labute approximate surface area is 96.4 Å². The molecule has 1 N–H and O–H groups in total. The molecule has 2 rings (SSSR count). The predicted molar refractivity (Wildman–Crippen MR) is 60.8 cm³/mol. The highest BCUT2D eigenvalue weighted by Gasteiger charge is 2.40. The Hall–Kier alpha value is -1.06. The SMILES string of the molecule is CCC1(CN2CC(=O)NC(C)C2=O)CCC1. The molecule has 1 atom stereocenters. The van der Waals surface area contributed by atoms with Gasteiger partial charge >= 0.3 is 0 Å². The van der Waals surface area contributed by atoms with Crippen LogP contribution >= 0.6 is 0 Å². The van der Waals surface area contributed by atoms with Gasteiger partial charge in [-0.1, -0.05) is 13.3 Å². The molecule has 2 fully saturated rings. The largest absolute Gasteiger partial charge is 0.343 e. The number of carbonyl (C=O) groups excluding carboxylic acids is 2. The van der Waals surface area contributed by atoms with Crippen molar-refractivity contribution in [1.29, 1.82) is 0 Å². The van der Waals surface area contributed by atoms with Crippen LogP contribution < -0.4 is 5.32 Å². The monoisotopic (exact) mass is 224 g/mol. The summed E-state index contributed by atoms with van der Waals surface area (Å²) in [7, 11) is 0. The van der Waals surface area contributed by atoms with E-state index in [0.717, 1.165) is 13.0 Å². The molecule has 4 nitrogen and oxygen atoms in total.